The Morgan fingerprint density at radius 2 is 2.14 bits per heavy atom. The SMILES string of the molecule is CNc1cc(S(=O)(=O)N(C)CC2(O)CCOCC2)ccn1. The molecule has 0 saturated carbocycles. The molecule has 21 heavy (non-hydrogen) atoms. The van der Waals surface area contributed by atoms with E-state index in [1.165, 1.54) is 29.7 Å². The maximum Gasteiger partial charge on any atom is 0.243 e. The summed E-state index contributed by atoms with van der Waals surface area (Å²) in [5.74, 6) is 0.481. The van der Waals surface area contributed by atoms with Gasteiger partial charge in [-0.3, -0.25) is 0 Å². The minimum absolute atomic E-state index is 0.0515. The highest BCUT2D eigenvalue weighted by molar-refractivity contribution is 7.89. The topological polar surface area (TPSA) is 91.8 Å². The lowest BCUT2D eigenvalue weighted by Crippen LogP contribution is -2.47. The van der Waals surface area contributed by atoms with Crippen LogP contribution < -0.4 is 5.32 Å². The Morgan fingerprint density at radius 1 is 1.48 bits per heavy atom. The molecule has 0 aliphatic carbocycles. The van der Waals surface area contributed by atoms with E-state index in [-0.39, 0.29) is 11.4 Å². The summed E-state index contributed by atoms with van der Waals surface area (Å²) < 4.78 is 31.5. The van der Waals surface area contributed by atoms with Crippen LogP contribution in [0.25, 0.3) is 0 Å². The van der Waals surface area contributed by atoms with Crippen LogP contribution in [0, 0.1) is 0 Å². The molecule has 1 aliphatic rings. The van der Waals surface area contributed by atoms with Gasteiger partial charge in [0.25, 0.3) is 0 Å². The van der Waals surface area contributed by atoms with Gasteiger partial charge < -0.3 is 15.2 Å². The van der Waals surface area contributed by atoms with Crippen molar-refractivity contribution >= 4 is 15.8 Å². The number of ether oxygens (including phenoxy) is 1. The highest BCUT2D eigenvalue weighted by atomic mass is 32.2. The lowest BCUT2D eigenvalue weighted by molar-refractivity contribution is -0.0689. The molecule has 1 aromatic rings. The number of aromatic nitrogens is 1. The summed E-state index contributed by atoms with van der Waals surface area (Å²) in [6.07, 6.45) is 2.31. The second-order valence-electron chi connectivity index (χ2n) is 5.22. The second kappa shape index (κ2) is 6.27. The molecule has 1 aromatic heterocycles. The van der Waals surface area contributed by atoms with Crippen LogP contribution in [0.3, 0.4) is 0 Å². The predicted octanol–water partition coefficient (Wildman–Crippen LogP) is 0.285. The standard InChI is InChI=1S/C13H21N3O4S/c1-14-12-9-11(3-6-15-12)21(18,19)16(2)10-13(17)4-7-20-8-5-13/h3,6,9,17H,4-5,7-8,10H2,1-2H3,(H,14,15). The molecule has 2 heterocycles. The van der Waals surface area contributed by atoms with Crippen LogP contribution >= 0.6 is 0 Å². The third-order valence-corrected chi connectivity index (χ3v) is 5.44. The number of rotatable bonds is 5. The fraction of sp³-hybridized carbons (Fsp3) is 0.615. The molecule has 0 amide bonds. The maximum atomic E-state index is 12.5. The fourth-order valence-electron chi connectivity index (χ4n) is 2.30. The van der Waals surface area contributed by atoms with Crippen LogP contribution in [0.1, 0.15) is 12.8 Å². The third-order valence-electron chi connectivity index (χ3n) is 3.64. The average molecular weight is 315 g/mol. The van der Waals surface area contributed by atoms with Gasteiger partial charge in [0.15, 0.2) is 0 Å². The summed E-state index contributed by atoms with van der Waals surface area (Å²) in [5.41, 5.74) is -1.03. The molecule has 2 rings (SSSR count). The molecule has 2 N–H and O–H groups in total. The molecular weight excluding hydrogens is 294 g/mol. The molecule has 0 aromatic carbocycles. The summed E-state index contributed by atoms with van der Waals surface area (Å²) >= 11 is 0. The molecule has 0 radical (unpaired) electrons. The number of aliphatic hydroxyl groups is 1. The van der Waals surface area contributed by atoms with Gasteiger partial charge in [-0.2, -0.15) is 4.31 Å². The highest BCUT2D eigenvalue weighted by Crippen LogP contribution is 2.24. The number of nitrogens with zero attached hydrogens (tertiary/aromatic N) is 2. The van der Waals surface area contributed by atoms with E-state index in [2.05, 4.69) is 10.3 Å². The maximum absolute atomic E-state index is 12.5. The van der Waals surface area contributed by atoms with E-state index in [9.17, 15) is 13.5 Å². The Bertz CT molecular complexity index is 585. The molecular formula is C13H21N3O4S. The third kappa shape index (κ3) is 3.70. The van der Waals surface area contributed by atoms with E-state index in [1.807, 2.05) is 0 Å². The Hall–Kier alpha value is -1.22. The van der Waals surface area contributed by atoms with Gasteiger partial charge in [-0.05, 0) is 6.07 Å². The van der Waals surface area contributed by atoms with Crippen molar-refractivity contribution in [3.63, 3.8) is 0 Å². The van der Waals surface area contributed by atoms with Gasteiger partial charge in [0.1, 0.15) is 5.82 Å². The van der Waals surface area contributed by atoms with Gasteiger partial charge in [0.2, 0.25) is 10.0 Å². The number of hydrogen-bond donors (Lipinski definition) is 2. The Labute approximate surface area is 125 Å². The van der Waals surface area contributed by atoms with Crippen molar-refractivity contribution in [2.24, 2.45) is 0 Å². The average Bonchev–Trinajstić information content (AvgIpc) is 2.47. The number of nitrogens with one attached hydrogen (secondary N) is 1. The van der Waals surface area contributed by atoms with Gasteiger partial charge >= 0.3 is 0 Å². The molecule has 8 heteroatoms. The molecule has 118 valence electrons. The molecule has 1 fully saturated rings. The quantitative estimate of drug-likeness (QED) is 0.811. The van der Waals surface area contributed by atoms with Crippen LogP contribution in [-0.2, 0) is 14.8 Å². The lowest BCUT2D eigenvalue weighted by Gasteiger charge is -2.35. The van der Waals surface area contributed by atoms with Crippen molar-refractivity contribution in [1.29, 1.82) is 0 Å². The van der Waals surface area contributed by atoms with Gasteiger partial charge in [-0.15, -0.1) is 0 Å². The zero-order valence-corrected chi connectivity index (χ0v) is 13.1. The first-order valence-corrected chi connectivity index (χ1v) is 8.22. The van der Waals surface area contributed by atoms with E-state index in [1.54, 1.807) is 7.05 Å². The van der Waals surface area contributed by atoms with Crippen LogP contribution in [0.5, 0.6) is 0 Å². The lowest BCUT2D eigenvalue weighted by atomic mass is 9.95. The largest absolute Gasteiger partial charge is 0.388 e. The zero-order chi connectivity index (χ0) is 15.5. The number of pyridine rings is 1. The molecule has 0 spiro atoms. The van der Waals surface area contributed by atoms with Gasteiger partial charge in [-0.25, -0.2) is 13.4 Å². The molecule has 1 aliphatic heterocycles. The van der Waals surface area contributed by atoms with Crippen LogP contribution in [0.15, 0.2) is 23.2 Å². The van der Waals surface area contributed by atoms with Gasteiger partial charge in [-0.1, -0.05) is 0 Å². The van der Waals surface area contributed by atoms with Crippen molar-refractivity contribution in [3.8, 4) is 0 Å². The monoisotopic (exact) mass is 315 g/mol. The van der Waals surface area contributed by atoms with Gasteiger partial charge in [0, 0.05) is 59.0 Å². The highest BCUT2D eigenvalue weighted by Gasteiger charge is 2.35. The smallest absolute Gasteiger partial charge is 0.243 e. The van der Waals surface area contributed by atoms with Crippen molar-refractivity contribution in [1.82, 2.24) is 9.29 Å². The van der Waals surface area contributed by atoms with E-state index in [0.717, 1.165) is 0 Å². The van der Waals surface area contributed by atoms with Gasteiger partial charge in [0.05, 0.1) is 10.5 Å². The zero-order valence-electron chi connectivity index (χ0n) is 12.2. The molecule has 0 atom stereocenters. The van der Waals surface area contributed by atoms with Crippen LogP contribution in [0.2, 0.25) is 0 Å². The molecule has 0 bridgehead atoms. The number of likely N-dealkylation sites (N-methyl/N-ethyl adjacent to an activating group) is 1. The number of sulfonamides is 1. The molecule has 1 saturated heterocycles. The normalized spacial score (nSPS) is 18.7. The minimum Gasteiger partial charge on any atom is -0.388 e. The van der Waals surface area contributed by atoms with Crippen molar-refractivity contribution in [3.05, 3.63) is 18.3 Å². The van der Waals surface area contributed by atoms with Crippen molar-refractivity contribution < 1.29 is 18.3 Å². The summed E-state index contributed by atoms with van der Waals surface area (Å²) in [6, 6.07) is 2.92. The number of anilines is 1. The van der Waals surface area contributed by atoms with E-state index in [4.69, 9.17) is 4.74 Å². The Kier molecular flexibility index (Phi) is 4.82. The minimum atomic E-state index is -3.66. The Balaban J connectivity index is 2.18. The van der Waals surface area contributed by atoms with Crippen LogP contribution in [0.4, 0.5) is 5.82 Å². The van der Waals surface area contributed by atoms with Crippen molar-refractivity contribution in [2.45, 2.75) is 23.3 Å². The summed E-state index contributed by atoms with van der Waals surface area (Å²) in [5, 5.41) is 13.2. The van der Waals surface area contributed by atoms with E-state index in [0.29, 0.717) is 31.9 Å². The van der Waals surface area contributed by atoms with Crippen molar-refractivity contribution in [2.75, 3.05) is 39.2 Å². The second-order valence-corrected chi connectivity index (χ2v) is 7.27. The fourth-order valence-corrected chi connectivity index (χ4v) is 3.56. The van der Waals surface area contributed by atoms with E-state index >= 15 is 0 Å². The Morgan fingerprint density at radius 3 is 2.76 bits per heavy atom. The molecule has 7 nitrogen and oxygen atoms in total. The predicted molar refractivity (Wildman–Crippen MR) is 78.6 cm³/mol. The van der Waals surface area contributed by atoms with Crippen LogP contribution in [-0.4, -0.2) is 62.3 Å². The number of hydrogen-bond acceptors (Lipinski definition) is 6. The molecule has 0 unspecified atom stereocenters. The summed E-state index contributed by atoms with van der Waals surface area (Å²) in [7, 11) is -0.508. The summed E-state index contributed by atoms with van der Waals surface area (Å²) in [6.45, 7) is 0.947. The summed E-state index contributed by atoms with van der Waals surface area (Å²) in [4.78, 5) is 4.15. The first kappa shape index (κ1) is 16.2. The first-order chi connectivity index (χ1) is 9.87. The van der Waals surface area contributed by atoms with E-state index < -0.39 is 15.6 Å². The first-order valence-electron chi connectivity index (χ1n) is 6.78.